The van der Waals surface area contributed by atoms with Crippen molar-refractivity contribution < 1.29 is 22.7 Å². The van der Waals surface area contributed by atoms with Crippen LogP contribution in [0, 0.1) is 0 Å². The molecule has 0 bridgehead atoms. The summed E-state index contributed by atoms with van der Waals surface area (Å²) in [7, 11) is 0. The number of nitrogens with zero attached hydrogens (tertiary/aromatic N) is 2. The molecule has 3 rings (SSSR count). The molecule has 5 nitrogen and oxygen atoms in total. The van der Waals surface area contributed by atoms with Crippen molar-refractivity contribution >= 4 is 5.91 Å². The third-order valence-electron chi connectivity index (χ3n) is 3.40. The van der Waals surface area contributed by atoms with Crippen LogP contribution in [-0.4, -0.2) is 22.2 Å². The fourth-order valence-corrected chi connectivity index (χ4v) is 2.33. The quantitative estimate of drug-likeness (QED) is 0.768. The van der Waals surface area contributed by atoms with Crippen LogP contribution in [0.15, 0.2) is 60.7 Å². The summed E-state index contributed by atoms with van der Waals surface area (Å²) in [6, 6.07) is 15.2. The van der Waals surface area contributed by atoms with E-state index in [1.165, 1.54) is 24.3 Å². The summed E-state index contributed by atoms with van der Waals surface area (Å²) in [5, 5.41) is 0. The molecule has 0 spiro atoms. The number of hydrogen-bond donors (Lipinski definition) is 1. The van der Waals surface area contributed by atoms with Crippen LogP contribution in [0.3, 0.4) is 0 Å². The maximum atomic E-state index is 12.6. The first-order valence-corrected chi connectivity index (χ1v) is 7.43. The highest BCUT2D eigenvalue weighted by molar-refractivity contribution is 5.91. The fourth-order valence-electron chi connectivity index (χ4n) is 2.33. The second-order valence-corrected chi connectivity index (χ2v) is 5.22. The topological polar surface area (TPSA) is 78.1 Å². The number of hydrogen-bond acceptors (Lipinski definition) is 4. The lowest BCUT2D eigenvalue weighted by atomic mass is 10.1. The van der Waals surface area contributed by atoms with E-state index in [0.29, 0.717) is 11.4 Å². The van der Waals surface area contributed by atoms with Gasteiger partial charge in [-0.2, -0.15) is 0 Å². The van der Waals surface area contributed by atoms with Gasteiger partial charge in [0.2, 0.25) is 0 Å². The summed E-state index contributed by atoms with van der Waals surface area (Å²) < 4.78 is 41.9. The number of para-hydroxylation sites is 1. The largest absolute Gasteiger partial charge is 0.573 e. The van der Waals surface area contributed by atoms with E-state index in [-0.39, 0.29) is 22.7 Å². The molecule has 8 heteroatoms. The van der Waals surface area contributed by atoms with Crippen molar-refractivity contribution in [2.75, 3.05) is 0 Å². The number of rotatable bonds is 4. The lowest BCUT2D eigenvalue weighted by molar-refractivity contribution is -0.274. The minimum Gasteiger partial charge on any atom is -0.405 e. The molecule has 0 fully saturated rings. The number of pyridine rings is 2. The molecule has 0 radical (unpaired) electrons. The Labute approximate surface area is 146 Å². The van der Waals surface area contributed by atoms with Crippen molar-refractivity contribution in [3.05, 3.63) is 66.4 Å². The Kier molecular flexibility index (Phi) is 4.57. The number of carbonyl (C=O) groups is 1. The molecular weight excluding hydrogens is 347 g/mol. The number of halogens is 3. The molecule has 0 saturated carbocycles. The second kappa shape index (κ2) is 6.83. The highest BCUT2D eigenvalue weighted by atomic mass is 19.4. The van der Waals surface area contributed by atoms with Crippen LogP contribution >= 0.6 is 0 Å². The molecule has 0 atom stereocenters. The number of aromatic nitrogens is 2. The third-order valence-corrected chi connectivity index (χ3v) is 3.40. The fraction of sp³-hybridized carbons (Fsp3) is 0.0556. The zero-order valence-corrected chi connectivity index (χ0v) is 13.2. The molecule has 1 aromatic carbocycles. The van der Waals surface area contributed by atoms with Crippen molar-refractivity contribution in [3.8, 4) is 28.4 Å². The Morgan fingerprint density at radius 3 is 2.15 bits per heavy atom. The Balaban J connectivity index is 2.04. The average Bonchev–Trinajstić information content (AvgIpc) is 2.61. The van der Waals surface area contributed by atoms with E-state index in [9.17, 15) is 18.0 Å². The minimum atomic E-state index is -4.81. The molecule has 26 heavy (non-hydrogen) atoms. The smallest absolute Gasteiger partial charge is 0.405 e. The Hall–Kier alpha value is -3.42. The van der Waals surface area contributed by atoms with Crippen LogP contribution in [-0.2, 0) is 0 Å². The van der Waals surface area contributed by atoms with Gasteiger partial charge >= 0.3 is 6.36 Å². The van der Waals surface area contributed by atoms with E-state index in [1.807, 2.05) is 0 Å². The average molecular weight is 359 g/mol. The standard InChI is InChI=1S/C18H12F3N3O2/c19-18(20,21)26-16-10-2-1-5-11(16)12-6-3-7-13(23-12)14-8-4-9-15(24-14)17(22)25/h1-10H,(H2,22,25). The van der Waals surface area contributed by atoms with Crippen LogP contribution in [0.5, 0.6) is 5.75 Å². The van der Waals surface area contributed by atoms with Gasteiger partial charge in [-0.3, -0.25) is 4.79 Å². The highest BCUT2D eigenvalue weighted by Crippen LogP contribution is 2.33. The molecule has 0 aliphatic rings. The molecule has 2 N–H and O–H groups in total. The van der Waals surface area contributed by atoms with Crippen molar-refractivity contribution in [2.24, 2.45) is 5.73 Å². The van der Waals surface area contributed by atoms with Crippen LogP contribution in [0.2, 0.25) is 0 Å². The SMILES string of the molecule is NC(=O)c1cccc(-c2cccc(-c3ccccc3OC(F)(F)F)n2)n1. The predicted molar refractivity (Wildman–Crippen MR) is 88.1 cm³/mol. The minimum absolute atomic E-state index is 0.0653. The van der Waals surface area contributed by atoms with Crippen molar-refractivity contribution in [3.63, 3.8) is 0 Å². The molecular formula is C18H12F3N3O2. The maximum absolute atomic E-state index is 12.6. The second-order valence-electron chi connectivity index (χ2n) is 5.22. The Morgan fingerprint density at radius 2 is 1.46 bits per heavy atom. The number of alkyl halides is 3. The van der Waals surface area contributed by atoms with Gasteiger partial charge in [0.1, 0.15) is 11.4 Å². The van der Waals surface area contributed by atoms with Crippen LogP contribution in [0.25, 0.3) is 22.6 Å². The van der Waals surface area contributed by atoms with Crippen molar-refractivity contribution in [1.29, 1.82) is 0 Å². The Morgan fingerprint density at radius 1 is 0.846 bits per heavy atom. The molecule has 132 valence electrons. The van der Waals surface area contributed by atoms with E-state index in [2.05, 4.69) is 14.7 Å². The number of nitrogens with two attached hydrogens (primary N) is 1. The monoisotopic (exact) mass is 359 g/mol. The molecule has 0 aliphatic carbocycles. The van der Waals surface area contributed by atoms with Gasteiger partial charge in [0.15, 0.2) is 0 Å². The van der Waals surface area contributed by atoms with E-state index < -0.39 is 12.3 Å². The van der Waals surface area contributed by atoms with Gasteiger partial charge in [0, 0.05) is 5.56 Å². The molecule has 0 saturated heterocycles. The number of amides is 1. The molecule has 2 aromatic heterocycles. The third kappa shape index (κ3) is 3.97. The van der Waals surface area contributed by atoms with E-state index in [0.717, 1.165) is 0 Å². The molecule has 0 aliphatic heterocycles. The molecule has 3 aromatic rings. The van der Waals surface area contributed by atoms with Gasteiger partial charge in [-0.05, 0) is 36.4 Å². The first-order valence-electron chi connectivity index (χ1n) is 7.43. The van der Waals surface area contributed by atoms with Gasteiger partial charge < -0.3 is 10.5 Å². The number of ether oxygens (including phenoxy) is 1. The van der Waals surface area contributed by atoms with Crippen molar-refractivity contribution in [1.82, 2.24) is 9.97 Å². The lowest BCUT2D eigenvalue weighted by Crippen LogP contribution is -2.17. The summed E-state index contributed by atoms with van der Waals surface area (Å²) in [6.45, 7) is 0. The Bertz CT molecular complexity index is 958. The summed E-state index contributed by atoms with van der Waals surface area (Å²) in [4.78, 5) is 19.7. The van der Waals surface area contributed by atoms with E-state index >= 15 is 0 Å². The number of benzene rings is 1. The van der Waals surface area contributed by atoms with Gasteiger partial charge in [-0.15, -0.1) is 13.2 Å². The number of primary amides is 1. The number of carbonyl (C=O) groups excluding carboxylic acids is 1. The summed E-state index contributed by atoms with van der Waals surface area (Å²) in [6.07, 6.45) is -4.81. The first-order chi connectivity index (χ1) is 12.3. The normalized spacial score (nSPS) is 11.2. The highest BCUT2D eigenvalue weighted by Gasteiger charge is 2.32. The van der Waals surface area contributed by atoms with Gasteiger partial charge in [0.25, 0.3) is 5.91 Å². The van der Waals surface area contributed by atoms with Crippen LogP contribution < -0.4 is 10.5 Å². The maximum Gasteiger partial charge on any atom is 0.573 e. The van der Waals surface area contributed by atoms with E-state index in [1.54, 1.807) is 36.4 Å². The zero-order valence-electron chi connectivity index (χ0n) is 13.2. The molecule has 0 unspecified atom stereocenters. The molecule has 1 amide bonds. The van der Waals surface area contributed by atoms with Gasteiger partial charge in [-0.1, -0.05) is 24.3 Å². The van der Waals surface area contributed by atoms with Gasteiger partial charge in [-0.25, -0.2) is 9.97 Å². The lowest BCUT2D eigenvalue weighted by Gasteiger charge is -2.13. The first kappa shape index (κ1) is 17.4. The summed E-state index contributed by atoms with van der Waals surface area (Å²) in [5.74, 6) is -1.05. The van der Waals surface area contributed by atoms with E-state index in [4.69, 9.17) is 5.73 Å². The van der Waals surface area contributed by atoms with Crippen molar-refractivity contribution in [2.45, 2.75) is 6.36 Å². The summed E-state index contributed by atoms with van der Waals surface area (Å²) >= 11 is 0. The zero-order chi connectivity index (χ0) is 18.7. The predicted octanol–water partition coefficient (Wildman–Crippen LogP) is 3.81. The van der Waals surface area contributed by atoms with Crippen LogP contribution in [0.4, 0.5) is 13.2 Å². The van der Waals surface area contributed by atoms with Gasteiger partial charge in [0.05, 0.1) is 17.1 Å². The van der Waals surface area contributed by atoms with Crippen LogP contribution in [0.1, 0.15) is 10.5 Å². The summed E-state index contributed by atoms with van der Waals surface area (Å²) in [5.41, 5.74) is 6.49. The molecule has 2 heterocycles.